The third-order valence-electron chi connectivity index (χ3n) is 3.70. The molecule has 0 unspecified atom stereocenters. The van der Waals surface area contributed by atoms with E-state index in [0.717, 1.165) is 22.2 Å². The van der Waals surface area contributed by atoms with E-state index in [-0.39, 0.29) is 17.6 Å². The van der Waals surface area contributed by atoms with Crippen LogP contribution >= 0.6 is 23.8 Å². The van der Waals surface area contributed by atoms with Gasteiger partial charge in [-0.15, -0.1) is 5.10 Å². The number of thiocarbonyl (C=S) groups is 1. The summed E-state index contributed by atoms with van der Waals surface area (Å²) in [5.74, 6) is -0.309. The molecule has 0 aliphatic rings. The van der Waals surface area contributed by atoms with Gasteiger partial charge in [0.2, 0.25) is 0 Å². The molecular weight excluding hydrogens is 372 g/mol. The number of aryl methyl sites for hydroxylation is 2. The third kappa shape index (κ3) is 4.09. The molecule has 0 aliphatic carbocycles. The highest BCUT2D eigenvalue weighted by molar-refractivity contribution is 7.80. The Kier molecular flexibility index (Phi) is 5.34. The number of anilines is 1. The highest BCUT2D eigenvalue weighted by Gasteiger charge is 2.10. The molecule has 3 aromatic rings. The van der Waals surface area contributed by atoms with Gasteiger partial charge in [0.25, 0.3) is 5.91 Å². The van der Waals surface area contributed by atoms with Crippen LogP contribution in [0.4, 0.5) is 5.69 Å². The van der Waals surface area contributed by atoms with E-state index in [2.05, 4.69) is 26.5 Å². The number of halogens is 1. The molecule has 0 saturated carbocycles. The van der Waals surface area contributed by atoms with Crippen LogP contribution in [-0.2, 0) is 11.3 Å². The van der Waals surface area contributed by atoms with Crippen molar-refractivity contribution in [3.8, 4) is 0 Å². The van der Waals surface area contributed by atoms with Crippen LogP contribution in [0.1, 0.15) is 11.1 Å². The van der Waals surface area contributed by atoms with Crippen molar-refractivity contribution in [3.63, 3.8) is 0 Å². The zero-order valence-corrected chi connectivity index (χ0v) is 15.8. The normalized spacial score (nSPS) is 10.6. The summed E-state index contributed by atoms with van der Waals surface area (Å²) >= 11 is 11.4. The van der Waals surface area contributed by atoms with E-state index in [1.807, 2.05) is 50.2 Å². The zero-order chi connectivity index (χ0) is 18.7. The van der Waals surface area contributed by atoms with Crippen molar-refractivity contribution in [1.82, 2.24) is 25.8 Å². The minimum Gasteiger partial charge on any atom is -0.330 e. The zero-order valence-electron chi connectivity index (χ0n) is 14.2. The van der Waals surface area contributed by atoms with Crippen molar-refractivity contribution in [2.24, 2.45) is 0 Å². The third-order valence-corrected chi connectivity index (χ3v) is 4.20. The number of hydrogen-bond acceptors (Lipinski definition) is 4. The van der Waals surface area contributed by atoms with Crippen LogP contribution in [0.5, 0.6) is 0 Å². The molecule has 3 N–H and O–H groups in total. The molecule has 1 heterocycles. The maximum absolute atomic E-state index is 12.1. The Bertz CT molecular complexity index is 963. The summed E-state index contributed by atoms with van der Waals surface area (Å²) in [6, 6.07) is 11.3. The van der Waals surface area contributed by atoms with Crippen molar-refractivity contribution in [2.75, 3.05) is 5.32 Å². The monoisotopic (exact) mass is 388 g/mol. The molecule has 9 heteroatoms. The van der Waals surface area contributed by atoms with Gasteiger partial charge < -0.3 is 5.32 Å². The Morgan fingerprint density at radius 3 is 2.77 bits per heavy atom. The van der Waals surface area contributed by atoms with Gasteiger partial charge in [-0.05, 0) is 55.4 Å². The summed E-state index contributed by atoms with van der Waals surface area (Å²) in [7, 11) is 0. The predicted molar refractivity (Wildman–Crippen MR) is 106 cm³/mol. The van der Waals surface area contributed by atoms with Crippen molar-refractivity contribution in [2.45, 2.75) is 20.4 Å². The molecule has 0 spiro atoms. The van der Waals surface area contributed by atoms with Gasteiger partial charge in [-0.1, -0.05) is 35.0 Å². The highest BCUT2D eigenvalue weighted by atomic mass is 35.5. The number of amides is 1. The van der Waals surface area contributed by atoms with Crippen LogP contribution in [-0.4, -0.2) is 26.0 Å². The van der Waals surface area contributed by atoms with Gasteiger partial charge in [0.1, 0.15) is 12.1 Å². The number of rotatable bonds is 3. The maximum atomic E-state index is 12.1. The van der Waals surface area contributed by atoms with Gasteiger partial charge >= 0.3 is 0 Å². The molecule has 7 nitrogen and oxygen atoms in total. The smallest absolute Gasteiger partial charge is 0.260 e. The Balaban J connectivity index is 1.57. The number of hydrazine groups is 1. The first-order valence-electron chi connectivity index (χ1n) is 7.85. The maximum Gasteiger partial charge on any atom is 0.260 e. The number of benzene rings is 2. The first kappa shape index (κ1) is 18.1. The molecule has 2 aromatic carbocycles. The SMILES string of the molecule is Cc1cc(C)c(NC(=S)NNC(=O)Cn2nnc3ccccc32)c(Cl)c1. The largest absolute Gasteiger partial charge is 0.330 e. The van der Waals surface area contributed by atoms with Gasteiger partial charge in [0, 0.05) is 0 Å². The number of carbonyl (C=O) groups excluding carboxylic acids is 1. The molecule has 0 atom stereocenters. The molecule has 0 aliphatic heterocycles. The van der Waals surface area contributed by atoms with Gasteiger partial charge in [-0.25, -0.2) is 4.68 Å². The second kappa shape index (κ2) is 7.67. The van der Waals surface area contributed by atoms with Crippen LogP contribution < -0.4 is 16.2 Å². The molecule has 3 rings (SSSR count). The molecule has 1 aromatic heterocycles. The average molecular weight is 389 g/mol. The van der Waals surface area contributed by atoms with Gasteiger partial charge in [-0.3, -0.25) is 15.6 Å². The number of carbonyl (C=O) groups is 1. The van der Waals surface area contributed by atoms with Crippen LogP contribution in [0.25, 0.3) is 11.0 Å². The van der Waals surface area contributed by atoms with Crippen molar-refractivity contribution >= 4 is 51.6 Å². The first-order valence-corrected chi connectivity index (χ1v) is 8.63. The second-order valence-electron chi connectivity index (χ2n) is 5.80. The van der Waals surface area contributed by atoms with Gasteiger partial charge in [0.15, 0.2) is 5.11 Å². The lowest BCUT2D eigenvalue weighted by atomic mass is 10.1. The minimum atomic E-state index is -0.309. The Hall–Kier alpha value is -2.71. The summed E-state index contributed by atoms with van der Waals surface area (Å²) in [5, 5.41) is 11.8. The number of nitrogens with one attached hydrogen (secondary N) is 3. The Morgan fingerprint density at radius 1 is 1.23 bits per heavy atom. The van der Waals surface area contributed by atoms with Crippen LogP contribution in [0.2, 0.25) is 5.02 Å². The molecule has 0 fully saturated rings. The van der Waals surface area contributed by atoms with Crippen molar-refractivity contribution < 1.29 is 4.79 Å². The minimum absolute atomic E-state index is 0.0143. The summed E-state index contributed by atoms with van der Waals surface area (Å²) in [4.78, 5) is 12.1. The quantitative estimate of drug-likeness (QED) is 0.472. The van der Waals surface area contributed by atoms with E-state index in [4.69, 9.17) is 23.8 Å². The lowest BCUT2D eigenvalue weighted by molar-refractivity contribution is -0.122. The topological polar surface area (TPSA) is 83.9 Å². The van der Waals surface area contributed by atoms with Crippen LogP contribution in [0, 0.1) is 13.8 Å². The van der Waals surface area contributed by atoms with Crippen molar-refractivity contribution in [3.05, 3.63) is 52.5 Å². The second-order valence-corrected chi connectivity index (χ2v) is 6.62. The molecule has 0 radical (unpaired) electrons. The fourth-order valence-corrected chi connectivity index (χ4v) is 3.08. The molecule has 0 bridgehead atoms. The lowest BCUT2D eigenvalue weighted by Gasteiger charge is -2.15. The molecule has 0 saturated heterocycles. The van der Waals surface area contributed by atoms with Crippen molar-refractivity contribution in [1.29, 1.82) is 0 Å². The van der Waals surface area contributed by atoms with E-state index >= 15 is 0 Å². The fourth-order valence-electron chi connectivity index (χ4n) is 2.55. The standard InChI is InChI=1S/C17H17ClN6OS/c1-10-7-11(2)16(12(18)8-10)19-17(26)22-21-15(25)9-24-14-6-4-3-5-13(14)20-23-24/h3-8H,9H2,1-2H3,(H,21,25)(H2,19,22,26). The van der Waals surface area contributed by atoms with E-state index < -0.39 is 0 Å². The number of fused-ring (bicyclic) bond motifs is 1. The predicted octanol–water partition coefficient (Wildman–Crippen LogP) is 2.72. The highest BCUT2D eigenvalue weighted by Crippen LogP contribution is 2.27. The number of hydrogen-bond donors (Lipinski definition) is 3. The number of aromatic nitrogens is 3. The molecule has 1 amide bonds. The number of para-hydroxylation sites is 1. The number of nitrogens with zero attached hydrogens (tertiary/aromatic N) is 3. The molecule has 26 heavy (non-hydrogen) atoms. The first-order chi connectivity index (χ1) is 12.4. The Morgan fingerprint density at radius 2 is 2.00 bits per heavy atom. The molecule has 134 valence electrons. The van der Waals surface area contributed by atoms with E-state index in [1.54, 1.807) is 0 Å². The summed E-state index contributed by atoms with van der Waals surface area (Å²) < 4.78 is 1.52. The van der Waals surface area contributed by atoms with Crippen LogP contribution in [0.15, 0.2) is 36.4 Å². The van der Waals surface area contributed by atoms with E-state index in [1.165, 1.54) is 4.68 Å². The average Bonchev–Trinajstić information content (AvgIpc) is 2.99. The molecular formula is C17H17ClN6OS. The van der Waals surface area contributed by atoms with Gasteiger partial charge in [-0.2, -0.15) is 0 Å². The van der Waals surface area contributed by atoms with E-state index in [0.29, 0.717) is 10.7 Å². The van der Waals surface area contributed by atoms with Gasteiger partial charge in [0.05, 0.1) is 16.2 Å². The Labute approximate surface area is 160 Å². The fraction of sp³-hybridized carbons (Fsp3) is 0.176. The summed E-state index contributed by atoms with van der Waals surface area (Å²) in [6.07, 6.45) is 0. The van der Waals surface area contributed by atoms with Crippen LogP contribution in [0.3, 0.4) is 0 Å². The van der Waals surface area contributed by atoms with E-state index in [9.17, 15) is 4.79 Å². The lowest BCUT2D eigenvalue weighted by Crippen LogP contribution is -2.45. The summed E-state index contributed by atoms with van der Waals surface area (Å²) in [6.45, 7) is 3.91. The summed E-state index contributed by atoms with van der Waals surface area (Å²) in [5.41, 5.74) is 9.43.